The fourth-order valence-corrected chi connectivity index (χ4v) is 3.02. The van der Waals surface area contributed by atoms with Crippen molar-refractivity contribution >= 4 is 11.9 Å². The average Bonchev–Trinajstić information content (AvgIpc) is 2.56. The normalized spacial score (nSPS) is 17.4. The molecule has 138 valence electrons. The molecule has 1 fully saturated rings. The van der Waals surface area contributed by atoms with Crippen molar-refractivity contribution in [2.45, 2.75) is 39.2 Å². The molecule has 6 heteroatoms. The summed E-state index contributed by atoms with van der Waals surface area (Å²) >= 11 is 0. The van der Waals surface area contributed by atoms with Crippen LogP contribution < -0.4 is 10.1 Å². The van der Waals surface area contributed by atoms with Crippen LogP contribution >= 0.6 is 0 Å². The lowest BCUT2D eigenvalue weighted by atomic mass is 10.1. The van der Waals surface area contributed by atoms with Gasteiger partial charge in [0.1, 0.15) is 5.75 Å². The van der Waals surface area contributed by atoms with E-state index in [0.717, 1.165) is 23.3 Å². The molecule has 3 amide bonds. The Bertz CT molecular complexity index is 598. The van der Waals surface area contributed by atoms with Crippen molar-refractivity contribution in [2.24, 2.45) is 0 Å². The average molecular weight is 347 g/mol. The number of para-hydroxylation sites is 1. The number of nitrogens with zero attached hydrogens (tertiary/aromatic N) is 2. The zero-order valence-electron chi connectivity index (χ0n) is 15.7. The van der Waals surface area contributed by atoms with E-state index in [9.17, 15) is 9.59 Å². The maximum atomic E-state index is 12.2. The van der Waals surface area contributed by atoms with E-state index in [1.807, 2.05) is 32.0 Å². The third-order valence-electron chi connectivity index (χ3n) is 4.59. The van der Waals surface area contributed by atoms with Crippen LogP contribution in [0.2, 0.25) is 0 Å². The molecule has 0 aromatic heterocycles. The molecule has 1 aliphatic rings. The second-order valence-electron chi connectivity index (χ2n) is 6.80. The van der Waals surface area contributed by atoms with E-state index in [-0.39, 0.29) is 18.0 Å². The molecule has 1 heterocycles. The van der Waals surface area contributed by atoms with E-state index in [0.29, 0.717) is 32.5 Å². The van der Waals surface area contributed by atoms with Crippen LogP contribution in [0.3, 0.4) is 0 Å². The highest BCUT2D eigenvalue weighted by Gasteiger charge is 2.24. The number of piperidine rings is 1. The summed E-state index contributed by atoms with van der Waals surface area (Å²) in [5.74, 6) is 1.08. The van der Waals surface area contributed by atoms with Crippen molar-refractivity contribution in [3.63, 3.8) is 0 Å². The summed E-state index contributed by atoms with van der Waals surface area (Å²) < 4.78 is 5.87. The van der Waals surface area contributed by atoms with Crippen LogP contribution in [0.1, 0.15) is 30.4 Å². The summed E-state index contributed by atoms with van der Waals surface area (Å²) in [6.45, 7) is 5.85. The van der Waals surface area contributed by atoms with Crippen molar-refractivity contribution in [1.82, 2.24) is 15.1 Å². The molecular weight excluding hydrogens is 318 g/mol. The molecule has 1 aliphatic heterocycles. The van der Waals surface area contributed by atoms with Crippen molar-refractivity contribution < 1.29 is 14.3 Å². The molecule has 1 N–H and O–H groups in total. The van der Waals surface area contributed by atoms with E-state index in [1.54, 1.807) is 23.9 Å². The predicted octanol–water partition coefficient (Wildman–Crippen LogP) is 2.33. The number of hydrogen-bond acceptors (Lipinski definition) is 3. The highest BCUT2D eigenvalue weighted by molar-refractivity contribution is 5.78. The smallest absolute Gasteiger partial charge is 0.317 e. The summed E-state index contributed by atoms with van der Waals surface area (Å²) in [7, 11) is 3.56. The Hall–Kier alpha value is -2.24. The van der Waals surface area contributed by atoms with Crippen molar-refractivity contribution in [3.05, 3.63) is 29.3 Å². The molecule has 2 rings (SSSR count). The molecule has 1 saturated heterocycles. The van der Waals surface area contributed by atoms with Crippen molar-refractivity contribution in [3.8, 4) is 5.75 Å². The molecule has 1 aromatic rings. The third-order valence-corrected chi connectivity index (χ3v) is 4.59. The van der Waals surface area contributed by atoms with Crippen LogP contribution in [0.25, 0.3) is 0 Å². The van der Waals surface area contributed by atoms with Gasteiger partial charge in [-0.15, -0.1) is 0 Å². The van der Waals surface area contributed by atoms with Gasteiger partial charge in [0.25, 0.3) is 0 Å². The molecule has 6 nitrogen and oxygen atoms in total. The Morgan fingerprint density at radius 3 is 2.68 bits per heavy atom. The Kier molecular flexibility index (Phi) is 6.67. The van der Waals surface area contributed by atoms with Crippen LogP contribution in [-0.2, 0) is 4.79 Å². The summed E-state index contributed by atoms with van der Waals surface area (Å²) in [5.41, 5.74) is 2.25. The SMILES string of the molecule is Cc1cccc(C)c1OCCCN(C)C(=O)NC1CCC(=O)N(C)C1. The van der Waals surface area contributed by atoms with E-state index in [1.165, 1.54) is 0 Å². The number of benzene rings is 1. The Balaban J connectivity index is 1.70. The minimum Gasteiger partial charge on any atom is -0.493 e. The van der Waals surface area contributed by atoms with Gasteiger partial charge in [-0.3, -0.25) is 4.79 Å². The van der Waals surface area contributed by atoms with E-state index in [2.05, 4.69) is 5.32 Å². The molecule has 0 radical (unpaired) electrons. The van der Waals surface area contributed by atoms with Crippen LogP contribution in [0, 0.1) is 13.8 Å². The maximum absolute atomic E-state index is 12.2. The minimum atomic E-state index is -0.0974. The van der Waals surface area contributed by atoms with Gasteiger partial charge in [-0.2, -0.15) is 0 Å². The molecule has 1 unspecified atom stereocenters. The lowest BCUT2D eigenvalue weighted by molar-refractivity contribution is -0.132. The molecule has 0 spiro atoms. The first-order valence-electron chi connectivity index (χ1n) is 8.83. The first kappa shape index (κ1) is 19.1. The molecule has 0 aliphatic carbocycles. The second-order valence-corrected chi connectivity index (χ2v) is 6.80. The van der Waals surface area contributed by atoms with Gasteiger partial charge < -0.3 is 19.9 Å². The Morgan fingerprint density at radius 2 is 2.04 bits per heavy atom. The Morgan fingerprint density at radius 1 is 1.36 bits per heavy atom. The zero-order valence-corrected chi connectivity index (χ0v) is 15.7. The van der Waals surface area contributed by atoms with Gasteiger partial charge in [-0.05, 0) is 37.8 Å². The largest absolute Gasteiger partial charge is 0.493 e. The van der Waals surface area contributed by atoms with E-state index in [4.69, 9.17) is 4.74 Å². The van der Waals surface area contributed by atoms with Gasteiger partial charge in [0, 0.05) is 39.6 Å². The minimum absolute atomic E-state index is 0.0310. The highest BCUT2D eigenvalue weighted by atomic mass is 16.5. The lowest BCUT2D eigenvalue weighted by Gasteiger charge is -2.31. The van der Waals surface area contributed by atoms with Crippen LogP contribution in [0.5, 0.6) is 5.75 Å². The fourth-order valence-electron chi connectivity index (χ4n) is 3.02. The highest BCUT2D eigenvalue weighted by Crippen LogP contribution is 2.22. The monoisotopic (exact) mass is 347 g/mol. The van der Waals surface area contributed by atoms with Crippen molar-refractivity contribution in [2.75, 3.05) is 33.8 Å². The van der Waals surface area contributed by atoms with Gasteiger partial charge >= 0.3 is 6.03 Å². The maximum Gasteiger partial charge on any atom is 0.317 e. The van der Waals surface area contributed by atoms with Gasteiger partial charge in [0.05, 0.1) is 6.61 Å². The number of carbonyl (C=O) groups excluding carboxylic acids is 2. The third kappa shape index (κ3) is 5.37. The quantitative estimate of drug-likeness (QED) is 0.804. The first-order valence-corrected chi connectivity index (χ1v) is 8.83. The van der Waals surface area contributed by atoms with Crippen LogP contribution in [0.4, 0.5) is 4.79 Å². The predicted molar refractivity (Wildman–Crippen MR) is 97.8 cm³/mol. The number of hydrogen-bond donors (Lipinski definition) is 1. The van der Waals surface area contributed by atoms with Gasteiger partial charge in [-0.25, -0.2) is 4.79 Å². The van der Waals surface area contributed by atoms with Crippen LogP contribution in [-0.4, -0.2) is 61.6 Å². The zero-order chi connectivity index (χ0) is 18.4. The molecule has 25 heavy (non-hydrogen) atoms. The first-order chi connectivity index (χ1) is 11.9. The number of ether oxygens (including phenoxy) is 1. The summed E-state index contributed by atoms with van der Waals surface area (Å²) in [6, 6.07) is 6.02. The number of rotatable bonds is 6. The number of nitrogens with one attached hydrogen (secondary N) is 1. The number of urea groups is 1. The Labute approximate surface area is 150 Å². The van der Waals surface area contributed by atoms with Gasteiger partial charge in [0.15, 0.2) is 0 Å². The van der Waals surface area contributed by atoms with Gasteiger partial charge in [-0.1, -0.05) is 18.2 Å². The van der Waals surface area contributed by atoms with E-state index >= 15 is 0 Å². The molecule has 1 aromatic carbocycles. The molecule has 0 saturated carbocycles. The van der Waals surface area contributed by atoms with Gasteiger partial charge in [0.2, 0.25) is 5.91 Å². The number of likely N-dealkylation sites (tertiary alicyclic amines) is 1. The fraction of sp³-hybridized carbons (Fsp3) is 0.579. The number of carbonyl (C=O) groups is 2. The number of amides is 3. The topological polar surface area (TPSA) is 61.9 Å². The van der Waals surface area contributed by atoms with Crippen molar-refractivity contribution in [1.29, 1.82) is 0 Å². The summed E-state index contributed by atoms with van der Waals surface area (Å²) in [6.07, 6.45) is 1.97. The molecular formula is C19H29N3O3. The summed E-state index contributed by atoms with van der Waals surface area (Å²) in [4.78, 5) is 27.1. The number of aryl methyl sites for hydroxylation is 2. The number of likely N-dealkylation sites (N-methyl/N-ethyl adjacent to an activating group) is 1. The second kappa shape index (κ2) is 8.74. The lowest BCUT2D eigenvalue weighted by Crippen LogP contribution is -2.51. The standard InChI is InChI=1S/C19H29N3O3/c1-14-7-5-8-15(2)18(14)25-12-6-11-21(3)19(24)20-16-9-10-17(23)22(4)13-16/h5,7-8,16H,6,9-13H2,1-4H3,(H,20,24). The van der Waals surface area contributed by atoms with Crippen LogP contribution in [0.15, 0.2) is 18.2 Å². The molecule has 0 bridgehead atoms. The summed E-state index contributed by atoms with van der Waals surface area (Å²) in [5, 5.41) is 3.00. The van der Waals surface area contributed by atoms with E-state index < -0.39 is 0 Å². The molecule has 1 atom stereocenters.